The maximum atomic E-state index is 12.0. The summed E-state index contributed by atoms with van der Waals surface area (Å²) in [5, 5.41) is 10.4. The van der Waals surface area contributed by atoms with Gasteiger partial charge in [-0.15, -0.1) is 0 Å². The molecule has 1 N–H and O–H groups in total. The van der Waals surface area contributed by atoms with Gasteiger partial charge in [-0.05, 0) is 19.1 Å². The minimum absolute atomic E-state index is 0.104. The molecule has 2 aromatic rings. The molecule has 3 heterocycles. The predicted molar refractivity (Wildman–Crippen MR) is 84.3 cm³/mol. The Balaban J connectivity index is 1.45. The molecule has 0 bridgehead atoms. The summed E-state index contributed by atoms with van der Waals surface area (Å²) in [6.07, 6.45) is -1.46. The third kappa shape index (κ3) is 2.69. The van der Waals surface area contributed by atoms with Crippen molar-refractivity contribution in [1.82, 2.24) is 9.55 Å². The normalized spacial score (nSPS) is 26.6. The van der Waals surface area contributed by atoms with Gasteiger partial charge in [0.1, 0.15) is 18.8 Å². The number of fused-ring (bicyclic) bond motifs is 3. The number of aliphatic hydroxyl groups is 1. The molecule has 0 spiro atoms. The molecule has 0 saturated carbocycles. The van der Waals surface area contributed by atoms with Gasteiger partial charge in [-0.1, -0.05) is 18.2 Å². The first-order chi connectivity index (χ1) is 12.0. The third-order valence-corrected chi connectivity index (χ3v) is 4.30. The Labute approximate surface area is 142 Å². The van der Waals surface area contributed by atoms with Gasteiger partial charge in [-0.3, -0.25) is 9.36 Å². The molecule has 4 atom stereocenters. The van der Waals surface area contributed by atoms with Crippen LogP contribution in [0.1, 0.15) is 22.1 Å². The number of carbonyl (C=O) groups is 1. The summed E-state index contributed by atoms with van der Waals surface area (Å²) in [7, 11) is 0. The number of rotatable bonds is 3. The molecule has 130 valence electrons. The van der Waals surface area contributed by atoms with E-state index in [1.807, 2.05) is 0 Å². The van der Waals surface area contributed by atoms with E-state index in [0.717, 1.165) is 0 Å². The van der Waals surface area contributed by atoms with Crippen LogP contribution in [-0.4, -0.2) is 45.5 Å². The first kappa shape index (κ1) is 15.8. The number of ether oxygens (including phenoxy) is 3. The van der Waals surface area contributed by atoms with Crippen molar-refractivity contribution in [2.75, 3.05) is 6.61 Å². The largest absolute Gasteiger partial charge is 0.459 e. The average molecular weight is 344 g/mol. The second kappa shape index (κ2) is 5.98. The number of aliphatic hydroxyl groups excluding tert-OH is 1. The van der Waals surface area contributed by atoms with Gasteiger partial charge in [0.2, 0.25) is 0 Å². The maximum absolute atomic E-state index is 12.0. The Morgan fingerprint density at radius 3 is 2.88 bits per heavy atom. The lowest BCUT2D eigenvalue weighted by Crippen LogP contribution is -2.36. The number of esters is 1. The number of hydrogen-bond donors (Lipinski definition) is 1. The van der Waals surface area contributed by atoms with Crippen LogP contribution in [0.15, 0.2) is 41.3 Å². The topological polar surface area (TPSA) is 99.9 Å². The smallest absolute Gasteiger partial charge is 0.338 e. The van der Waals surface area contributed by atoms with E-state index in [0.29, 0.717) is 11.1 Å². The summed E-state index contributed by atoms with van der Waals surface area (Å²) in [5.41, 5.74) is 0.494. The van der Waals surface area contributed by atoms with Gasteiger partial charge < -0.3 is 19.3 Å². The highest BCUT2D eigenvalue weighted by Gasteiger charge is 2.51. The molecule has 0 amide bonds. The van der Waals surface area contributed by atoms with Crippen molar-refractivity contribution in [3.05, 3.63) is 58.0 Å². The lowest BCUT2D eigenvalue weighted by Gasteiger charge is -2.17. The highest BCUT2D eigenvalue weighted by molar-refractivity contribution is 5.89. The van der Waals surface area contributed by atoms with Crippen molar-refractivity contribution < 1.29 is 24.1 Å². The average Bonchev–Trinajstić information content (AvgIpc) is 3.11. The fourth-order valence-electron chi connectivity index (χ4n) is 2.97. The van der Waals surface area contributed by atoms with Crippen LogP contribution in [0.2, 0.25) is 0 Å². The van der Waals surface area contributed by atoms with Crippen LogP contribution in [0.3, 0.4) is 0 Å². The summed E-state index contributed by atoms with van der Waals surface area (Å²) in [5.74, 6) is -0.490. The van der Waals surface area contributed by atoms with Gasteiger partial charge in [0.15, 0.2) is 12.3 Å². The van der Waals surface area contributed by atoms with Crippen LogP contribution >= 0.6 is 0 Å². The number of hydrogen-bond acceptors (Lipinski definition) is 7. The molecule has 2 aliphatic heterocycles. The summed E-state index contributed by atoms with van der Waals surface area (Å²) >= 11 is 0. The van der Waals surface area contributed by atoms with Gasteiger partial charge in [0.25, 0.3) is 5.56 Å². The second-order valence-corrected chi connectivity index (χ2v) is 6.02. The zero-order chi connectivity index (χ0) is 17.6. The van der Waals surface area contributed by atoms with Gasteiger partial charge in [0, 0.05) is 11.8 Å². The molecule has 0 unspecified atom stereocenters. The van der Waals surface area contributed by atoms with Crippen LogP contribution < -0.4 is 10.3 Å². The van der Waals surface area contributed by atoms with Crippen LogP contribution in [0.25, 0.3) is 0 Å². The molecular formula is C17H16N2O6. The van der Waals surface area contributed by atoms with E-state index in [9.17, 15) is 14.7 Å². The van der Waals surface area contributed by atoms with Crippen molar-refractivity contribution in [2.24, 2.45) is 0 Å². The Morgan fingerprint density at radius 2 is 2.12 bits per heavy atom. The van der Waals surface area contributed by atoms with Crippen molar-refractivity contribution >= 4 is 5.97 Å². The molecule has 2 aliphatic rings. The SMILES string of the molecule is Cc1cn2c(nc1=O)O[C@@H]1[C@H](O)[C@@H](COC(=O)c3ccccc3)O[C@@H]12. The van der Waals surface area contributed by atoms with E-state index < -0.39 is 30.5 Å². The van der Waals surface area contributed by atoms with Gasteiger partial charge >= 0.3 is 12.0 Å². The molecule has 1 aromatic carbocycles. The Morgan fingerprint density at radius 1 is 1.36 bits per heavy atom. The van der Waals surface area contributed by atoms with E-state index >= 15 is 0 Å². The molecule has 1 saturated heterocycles. The molecule has 8 nitrogen and oxygen atoms in total. The van der Waals surface area contributed by atoms with E-state index in [4.69, 9.17) is 14.2 Å². The minimum Gasteiger partial charge on any atom is -0.459 e. The van der Waals surface area contributed by atoms with Gasteiger partial charge in [-0.2, -0.15) is 4.98 Å². The summed E-state index contributed by atoms with van der Waals surface area (Å²) in [6.45, 7) is 1.54. The van der Waals surface area contributed by atoms with E-state index in [1.54, 1.807) is 48.0 Å². The lowest BCUT2D eigenvalue weighted by molar-refractivity contribution is -0.0512. The first-order valence-electron chi connectivity index (χ1n) is 7.87. The monoisotopic (exact) mass is 344 g/mol. The Bertz CT molecular complexity index is 865. The van der Waals surface area contributed by atoms with Crippen LogP contribution in [0, 0.1) is 6.92 Å². The van der Waals surface area contributed by atoms with Gasteiger partial charge in [0.05, 0.1) is 5.56 Å². The molecule has 1 fully saturated rings. The lowest BCUT2D eigenvalue weighted by atomic mass is 10.1. The maximum Gasteiger partial charge on any atom is 0.338 e. The zero-order valence-corrected chi connectivity index (χ0v) is 13.4. The molecule has 4 rings (SSSR count). The molecule has 0 aliphatic carbocycles. The third-order valence-electron chi connectivity index (χ3n) is 4.30. The fourth-order valence-corrected chi connectivity index (χ4v) is 2.97. The second-order valence-electron chi connectivity index (χ2n) is 6.02. The summed E-state index contributed by atoms with van der Waals surface area (Å²) in [4.78, 5) is 27.4. The fraction of sp³-hybridized carbons (Fsp3) is 0.353. The van der Waals surface area contributed by atoms with Crippen molar-refractivity contribution in [1.29, 1.82) is 0 Å². The number of benzene rings is 1. The van der Waals surface area contributed by atoms with Gasteiger partial charge in [-0.25, -0.2) is 4.79 Å². The number of nitrogens with zero attached hydrogens (tertiary/aromatic N) is 2. The van der Waals surface area contributed by atoms with E-state index in [-0.39, 0.29) is 18.2 Å². The standard InChI is InChI=1S/C17H16N2O6/c1-9-7-19-15-13(25-17(19)18-14(9)21)12(20)11(24-15)8-23-16(22)10-5-3-2-4-6-10/h2-7,11-13,15,20H,8H2,1H3/t11-,12-,13-,15+/m1/s1. The van der Waals surface area contributed by atoms with Crippen LogP contribution in [0.5, 0.6) is 6.01 Å². The highest BCUT2D eigenvalue weighted by Crippen LogP contribution is 2.39. The molecular weight excluding hydrogens is 328 g/mol. The quantitative estimate of drug-likeness (QED) is 0.806. The van der Waals surface area contributed by atoms with Crippen molar-refractivity contribution in [2.45, 2.75) is 31.5 Å². The Hall–Kier alpha value is -2.71. The molecule has 1 aromatic heterocycles. The highest BCUT2D eigenvalue weighted by atomic mass is 16.6. The van der Waals surface area contributed by atoms with Crippen molar-refractivity contribution in [3.8, 4) is 6.01 Å². The summed E-state index contributed by atoms with van der Waals surface area (Å²) < 4.78 is 18.1. The summed E-state index contributed by atoms with van der Waals surface area (Å²) in [6, 6.07) is 8.69. The first-order valence-corrected chi connectivity index (χ1v) is 7.87. The number of carbonyl (C=O) groups excluding carboxylic acids is 1. The van der Waals surface area contributed by atoms with E-state index in [1.165, 1.54) is 0 Å². The Kier molecular flexibility index (Phi) is 3.78. The van der Waals surface area contributed by atoms with Crippen LogP contribution in [0.4, 0.5) is 0 Å². The molecule has 0 radical (unpaired) electrons. The predicted octanol–water partition coefficient (Wildman–Crippen LogP) is 0.428. The molecule has 8 heteroatoms. The zero-order valence-electron chi connectivity index (χ0n) is 13.4. The number of aryl methyl sites for hydroxylation is 1. The minimum atomic E-state index is -1.01. The van der Waals surface area contributed by atoms with E-state index in [2.05, 4.69) is 4.98 Å². The van der Waals surface area contributed by atoms with Crippen molar-refractivity contribution in [3.63, 3.8) is 0 Å². The number of aromatic nitrogens is 2. The molecule has 25 heavy (non-hydrogen) atoms. The van der Waals surface area contributed by atoms with Crippen LogP contribution in [-0.2, 0) is 9.47 Å².